The molecule has 1 aliphatic heterocycles. The Balaban J connectivity index is 1.57. The first kappa shape index (κ1) is 25.1. The lowest BCUT2D eigenvalue weighted by atomic mass is 10.0. The van der Waals surface area contributed by atoms with E-state index in [0.29, 0.717) is 45.1 Å². The number of hydrogen-bond donors (Lipinski definition) is 2. The van der Waals surface area contributed by atoms with E-state index in [4.69, 9.17) is 15.1 Å². The fourth-order valence-corrected chi connectivity index (χ4v) is 3.93. The largest absolute Gasteiger partial charge is 0.465 e. The van der Waals surface area contributed by atoms with Gasteiger partial charge in [0.1, 0.15) is 12.6 Å². The molecule has 3 rings (SSSR count). The second-order valence-electron chi connectivity index (χ2n) is 8.81. The molecule has 1 heterocycles. The number of anilines is 1. The van der Waals surface area contributed by atoms with E-state index in [9.17, 15) is 9.59 Å². The number of carbonyl (C=O) groups excluding carboxylic acids is 1. The van der Waals surface area contributed by atoms with Crippen LogP contribution in [0.2, 0.25) is 0 Å². The van der Waals surface area contributed by atoms with E-state index in [1.54, 1.807) is 0 Å². The summed E-state index contributed by atoms with van der Waals surface area (Å²) in [4.78, 5) is 27.0. The van der Waals surface area contributed by atoms with Crippen LogP contribution in [-0.2, 0) is 16.1 Å². The van der Waals surface area contributed by atoms with Crippen LogP contribution < -0.4 is 10.2 Å². The first-order valence-electron chi connectivity index (χ1n) is 11.6. The van der Waals surface area contributed by atoms with Gasteiger partial charge in [0.25, 0.3) is 0 Å². The van der Waals surface area contributed by atoms with Gasteiger partial charge in [0.2, 0.25) is 5.91 Å². The van der Waals surface area contributed by atoms with Crippen molar-refractivity contribution in [3.63, 3.8) is 0 Å². The average molecular weight is 465 g/mol. The summed E-state index contributed by atoms with van der Waals surface area (Å²) in [5.41, 5.74) is 4.23. The first-order valence-corrected chi connectivity index (χ1v) is 11.6. The van der Waals surface area contributed by atoms with E-state index < -0.39 is 12.2 Å². The molecule has 1 unspecified atom stereocenters. The highest BCUT2D eigenvalue weighted by Crippen LogP contribution is 2.25. The topological polar surface area (TPSA) is 106 Å². The van der Waals surface area contributed by atoms with Gasteiger partial charge in [-0.1, -0.05) is 50.2 Å². The summed E-state index contributed by atoms with van der Waals surface area (Å²) >= 11 is 0. The number of carbonyl (C=O) groups is 2. The molecule has 2 amide bonds. The SMILES string of the molecule is CC(C)CC(OCc1ccc(-c2ccc(N3CCN(C(=O)O)CC3)cc2)cc1)C(=O)NCC#N. The number of amides is 2. The lowest BCUT2D eigenvalue weighted by Crippen LogP contribution is -2.48. The summed E-state index contributed by atoms with van der Waals surface area (Å²) in [7, 11) is 0. The van der Waals surface area contributed by atoms with Crippen LogP contribution in [0.15, 0.2) is 48.5 Å². The van der Waals surface area contributed by atoms with Crippen LogP contribution in [0, 0.1) is 17.2 Å². The number of nitrogens with zero attached hydrogens (tertiary/aromatic N) is 3. The molecule has 2 aromatic rings. The number of nitrogens with one attached hydrogen (secondary N) is 1. The summed E-state index contributed by atoms with van der Waals surface area (Å²) < 4.78 is 5.88. The third kappa shape index (κ3) is 6.96. The first-order chi connectivity index (χ1) is 16.4. The quantitative estimate of drug-likeness (QED) is 0.548. The van der Waals surface area contributed by atoms with Crippen LogP contribution in [0.5, 0.6) is 0 Å². The van der Waals surface area contributed by atoms with Gasteiger partial charge in [-0.15, -0.1) is 0 Å². The van der Waals surface area contributed by atoms with Crippen molar-refractivity contribution < 1.29 is 19.4 Å². The maximum absolute atomic E-state index is 12.3. The van der Waals surface area contributed by atoms with Crippen molar-refractivity contribution in [1.82, 2.24) is 10.2 Å². The lowest BCUT2D eigenvalue weighted by molar-refractivity contribution is -0.134. The zero-order valence-corrected chi connectivity index (χ0v) is 19.7. The maximum atomic E-state index is 12.3. The van der Waals surface area contributed by atoms with Crippen molar-refractivity contribution in [2.45, 2.75) is 33.0 Å². The Morgan fingerprint density at radius 1 is 1.03 bits per heavy atom. The van der Waals surface area contributed by atoms with E-state index in [2.05, 4.69) is 34.5 Å². The summed E-state index contributed by atoms with van der Waals surface area (Å²) in [6.07, 6.45) is -0.855. The van der Waals surface area contributed by atoms with Gasteiger partial charge in [-0.05, 0) is 41.2 Å². The van der Waals surface area contributed by atoms with Crippen molar-refractivity contribution in [3.05, 3.63) is 54.1 Å². The molecule has 2 aromatic carbocycles. The molecule has 0 saturated carbocycles. The number of benzene rings is 2. The highest BCUT2D eigenvalue weighted by Gasteiger charge is 2.21. The number of carboxylic acid groups (broad SMARTS) is 1. The standard InChI is InChI=1S/C26H32N4O4/c1-19(2)17-24(25(31)28-12-11-27)34-18-20-3-5-21(6-4-20)22-7-9-23(10-8-22)29-13-15-30(16-14-29)26(32)33/h3-10,19,24H,12-18H2,1-2H3,(H,28,31)(H,32,33). The van der Waals surface area contributed by atoms with E-state index in [1.807, 2.05) is 44.2 Å². The highest BCUT2D eigenvalue weighted by molar-refractivity contribution is 5.81. The Hall–Kier alpha value is -3.57. The van der Waals surface area contributed by atoms with Crippen LogP contribution >= 0.6 is 0 Å². The number of hydrogen-bond acceptors (Lipinski definition) is 5. The van der Waals surface area contributed by atoms with Crippen LogP contribution in [0.25, 0.3) is 11.1 Å². The minimum absolute atomic E-state index is 0.0250. The molecular formula is C26H32N4O4. The van der Waals surface area contributed by atoms with E-state index in [1.165, 1.54) is 4.90 Å². The van der Waals surface area contributed by atoms with Gasteiger partial charge in [0.05, 0.1) is 12.7 Å². The highest BCUT2D eigenvalue weighted by atomic mass is 16.5. The number of nitriles is 1. The summed E-state index contributed by atoms with van der Waals surface area (Å²) in [6, 6.07) is 18.3. The normalized spacial score (nSPS) is 14.5. The Bertz CT molecular complexity index is 991. The Kier molecular flexibility index (Phi) is 8.88. The number of piperazine rings is 1. The van der Waals surface area contributed by atoms with Gasteiger partial charge in [-0.25, -0.2) is 4.79 Å². The average Bonchev–Trinajstić information content (AvgIpc) is 2.85. The monoisotopic (exact) mass is 464 g/mol. The molecule has 0 spiro atoms. The van der Waals surface area contributed by atoms with Gasteiger partial charge in [0.15, 0.2) is 0 Å². The zero-order chi connectivity index (χ0) is 24.5. The Labute approximate surface area is 200 Å². The molecule has 1 aliphatic rings. The molecule has 1 saturated heterocycles. The van der Waals surface area contributed by atoms with Crippen LogP contribution in [-0.4, -0.2) is 60.8 Å². The molecule has 1 atom stereocenters. The summed E-state index contributed by atoms with van der Waals surface area (Å²) in [5.74, 6) is 0.0422. The van der Waals surface area contributed by atoms with Gasteiger partial charge in [0, 0.05) is 31.9 Å². The molecule has 8 heteroatoms. The molecule has 180 valence electrons. The number of ether oxygens (including phenoxy) is 1. The molecule has 0 bridgehead atoms. The Morgan fingerprint density at radius 3 is 2.15 bits per heavy atom. The molecule has 2 N–H and O–H groups in total. The lowest BCUT2D eigenvalue weighted by Gasteiger charge is -2.34. The molecular weight excluding hydrogens is 432 g/mol. The molecule has 0 radical (unpaired) electrons. The molecule has 0 aromatic heterocycles. The van der Waals surface area contributed by atoms with E-state index in [0.717, 1.165) is 22.4 Å². The van der Waals surface area contributed by atoms with Crippen molar-refractivity contribution in [2.24, 2.45) is 5.92 Å². The predicted octanol–water partition coefficient (Wildman–Crippen LogP) is 3.72. The van der Waals surface area contributed by atoms with E-state index >= 15 is 0 Å². The predicted molar refractivity (Wildman–Crippen MR) is 130 cm³/mol. The van der Waals surface area contributed by atoms with Gasteiger partial charge in [-0.2, -0.15) is 5.26 Å². The molecule has 0 aliphatic carbocycles. The summed E-state index contributed by atoms with van der Waals surface area (Å²) in [5, 5.41) is 20.4. The van der Waals surface area contributed by atoms with Crippen LogP contribution in [0.3, 0.4) is 0 Å². The third-order valence-corrected chi connectivity index (χ3v) is 5.84. The smallest absolute Gasteiger partial charge is 0.407 e. The van der Waals surface area contributed by atoms with Crippen LogP contribution in [0.1, 0.15) is 25.8 Å². The third-order valence-electron chi connectivity index (χ3n) is 5.84. The van der Waals surface area contributed by atoms with Gasteiger partial charge in [-0.3, -0.25) is 4.79 Å². The molecule has 8 nitrogen and oxygen atoms in total. The van der Waals surface area contributed by atoms with Crippen molar-refractivity contribution in [2.75, 3.05) is 37.6 Å². The van der Waals surface area contributed by atoms with E-state index in [-0.39, 0.29) is 12.5 Å². The van der Waals surface area contributed by atoms with Crippen molar-refractivity contribution in [3.8, 4) is 17.2 Å². The van der Waals surface area contributed by atoms with Gasteiger partial charge >= 0.3 is 6.09 Å². The minimum atomic E-state index is -0.860. The van der Waals surface area contributed by atoms with Gasteiger partial charge < -0.3 is 25.0 Å². The maximum Gasteiger partial charge on any atom is 0.407 e. The Morgan fingerprint density at radius 2 is 1.62 bits per heavy atom. The van der Waals surface area contributed by atoms with Crippen molar-refractivity contribution >= 4 is 17.7 Å². The summed E-state index contributed by atoms with van der Waals surface area (Å²) in [6.45, 7) is 6.76. The van der Waals surface area contributed by atoms with Crippen LogP contribution in [0.4, 0.5) is 10.5 Å². The molecule has 1 fully saturated rings. The van der Waals surface area contributed by atoms with Crippen molar-refractivity contribution in [1.29, 1.82) is 5.26 Å². The number of rotatable bonds is 9. The second kappa shape index (κ2) is 12.1. The second-order valence-corrected chi connectivity index (χ2v) is 8.81. The fraction of sp³-hybridized carbons (Fsp3) is 0.423. The zero-order valence-electron chi connectivity index (χ0n) is 19.7. The molecule has 34 heavy (non-hydrogen) atoms. The minimum Gasteiger partial charge on any atom is -0.465 e. The fourth-order valence-electron chi connectivity index (χ4n) is 3.93.